The van der Waals surface area contributed by atoms with Crippen molar-refractivity contribution in [1.29, 1.82) is 0 Å². The van der Waals surface area contributed by atoms with Gasteiger partial charge < -0.3 is 10.3 Å². The number of nitrogens with one attached hydrogen (secondary N) is 2. The van der Waals surface area contributed by atoms with Gasteiger partial charge in [-0.05, 0) is 6.07 Å². The van der Waals surface area contributed by atoms with Crippen LogP contribution in [0.2, 0.25) is 0 Å². The molecule has 0 spiro atoms. The summed E-state index contributed by atoms with van der Waals surface area (Å²) < 4.78 is 3.60. The number of hydrogen-bond donors (Lipinski definition) is 2. The van der Waals surface area contributed by atoms with Crippen molar-refractivity contribution in [2.45, 2.75) is 0 Å². The van der Waals surface area contributed by atoms with Crippen LogP contribution in [-0.2, 0) is 0 Å². The molecular weight excluding hydrogens is 216 g/mol. The van der Waals surface area contributed by atoms with E-state index in [0.717, 1.165) is 11.5 Å². The fraction of sp³-hybridized carbons (Fsp3) is 0. The number of carbonyl (C=O) groups excluding carboxylic acids is 1. The summed E-state index contributed by atoms with van der Waals surface area (Å²) in [6.07, 6.45) is 2.86. The Morgan fingerprint density at radius 3 is 3.07 bits per heavy atom. The van der Waals surface area contributed by atoms with Crippen molar-refractivity contribution in [3.05, 3.63) is 40.4 Å². The zero-order valence-electron chi connectivity index (χ0n) is 7.43. The Morgan fingerprint density at radius 1 is 1.53 bits per heavy atom. The summed E-state index contributed by atoms with van der Waals surface area (Å²) in [6.45, 7) is 0. The molecule has 0 bridgehead atoms. The molecule has 2 heterocycles. The molecule has 0 aliphatic rings. The molecule has 0 unspecified atom stereocenters. The predicted octanol–water partition coefficient (Wildman–Crippen LogP) is 0.479. The van der Waals surface area contributed by atoms with E-state index in [2.05, 4.69) is 19.9 Å². The zero-order chi connectivity index (χ0) is 10.7. The molecule has 76 valence electrons. The third kappa shape index (κ3) is 2.26. The number of nitrogens with zero attached hydrogens (tertiary/aromatic N) is 2. The van der Waals surface area contributed by atoms with Crippen LogP contribution in [0.15, 0.2) is 29.3 Å². The van der Waals surface area contributed by atoms with Gasteiger partial charge in [-0.15, -0.1) is 5.10 Å². The van der Waals surface area contributed by atoms with Gasteiger partial charge in [-0.2, -0.15) is 0 Å². The van der Waals surface area contributed by atoms with Crippen LogP contribution in [0.1, 0.15) is 10.4 Å². The highest BCUT2D eigenvalue weighted by Crippen LogP contribution is 2.10. The SMILES string of the molecule is O=C(Nc1cnns1)c1cc[nH]c(=O)c1. The smallest absolute Gasteiger partial charge is 0.256 e. The number of carbonyl (C=O) groups is 1. The molecule has 2 aromatic rings. The van der Waals surface area contributed by atoms with Gasteiger partial charge in [0.15, 0.2) is 0 Å². The summed E-state index contributed by atoms with van der Waals surface area (Å²) in [6, 6.07) is 2.75. The molecule has 15 heavy (non-hydrogen) atoms. The van der Waals surface area contributed by atoms with Gasteiger partial charge in [0.1, 0.15) is 5.00 Å². The van der Waals surface area contributed by atoms with Gasteiger partial charge in [-0.1, -0.05) is 4.49 Å². The van der Waals surface area contributed by atoms with Gasteiger partial charge >= 0.3 is 0 Å². The predicted molar refractivity (Wildman–Crippen MR) is 54.9 cm³/mol. The van der Waals surface area contributed by atoms with Crippen molar-refractivity contribution >= 4 is 22.4 Å². The summed E-state index contributed by atoms with van der Waals surface area (Å²) in [5.74, 6) is -0.354. The largest absolute Gasteiger partial charge is 0.329 e. The van der Waals surface area contributed by atoms with Gasteiger partial charge in [0.25, 0.3) is 5.91 Å². The maximum atomic E-state index is 11.6. The minimum atomic E-state index is -0.354. The third-order valence-electron chi connectivity index (χ3n) is 1.64. The summed E-state index contributed by atoms with van der Waals surface area (Å²) in [7, 11) is 0. The van der Waals surface area contributed by atoms with E-state index in [4.69, 9.17) is 0 Å². The molecule has 7 heteroatoms. The van der Waals surface area contributed by atoms with Crippen molar-refractivity contribution in [3.63, 3.8) is 0 Å². The van der Waals surface area contributed by atoms with E-state index in [-0.39, 0.29) is 11.5 Å². The molecule has 2 rings (SSSR count). The van der Waals surface area contributed by atoms with Crippen LogP contribution in [0, 0.1) is 0 Å². The maximum absolute atomic E-state index is 11.6. The van der Waals surface area contributed by atoms with E-state index in [1.54, 1.807) is 0 Å². The second-order valence-electron chi connectivity index (χ2n) is 2.68. The van der Waals surface area contributed by atoms with Crippen LogP contribution in [-0.4, -0.2) is 20.5 Å². The molecular formula is C8H6N4O2S. The number of rotatable bonds is 2. The number of hydrogen-bond acceptors (Lipinski definition) is 5. The van der Waals surface area contributed by atoms with Crippen LogP contribution in [0.3, 0.4) is 0 Å². The highest BCUT2D eigenvalue weighted by Gasteiger charge is 2.07. The standard InChI is InChI=1S/C8H6N4O2S/c13-6-3-5(1-2-9-6)8(14)11-7-4-10-12-15-7/h1-4H,(H,9,13)(H,11,14). The van der Waals surface area contributed by atoms with Crippen LogP contribution in [0.4, 0.5) is 5.00 Å². The zero-order valence-corrected chi connectivity index (χ0v) is 8.25. The topological polar surface area (TPSA) is 87.7 Å². The van der Waals surface area contributed by atoms with Crippen LogP contribution >= 0.6 is 11.5 Å². The summed E-state index contributed by atoms with van der Waals surface area (Å²) in [5, 5.41) is 6.68. The van der Waals surface area contributed by atoms with Crippen molar-refractivity contribution < 1.29 is 4.79 Å². The van der Waals surface area contributed by atoms with Gasteiger partial charge in [0.2, 0.25) is 5.56 Å². The summed E-state index contributed by atoms with van der Waals surface area (Å²) >= 11 is 1.07. The molecule has 1 amide bonds. The first-order valence-electron chi connectivity index (χ1n) is 4.03. The van der Waals surface area contributed by atoms with Gasteiger partial charge in [0, 0.05) is 29.4 Å². The molecule has 0 fully saturated rings. The Hall–Kier alpha value is -2.02. The van der Waals surface area contributed by atoms with Crippen molar-refractivity contribution in [2.24, 2.45) is 0 Å². The normalized spacial score (nSPS) is 9.87. The Balaban J connectivity index is 2.18. The van der Waals surface area contributed by atoms with E-state index >= 15 is 0 Å². The van der Waals surface area contributed by atoms with Crippen LogP contribution in [0.5, 0.6) is 0 Å². The Morgan fingerprint density at radius 2 is 2.40 bits per heavy atom. The summed E-state index contributed by atoms with van der Waals surface area (Å²) in [4.78, 5) is 24.9. The monoisotopic (exact) mass is 222 g/mol. The van der Waals surface area contributed by atoms with E-state index in [9.17, 15) is 9.59 Å². The molecule has 0 saturated heterocycles. The Kier molecular flexibility index (Phi) is 2.55. The molecule has 0 atom stereocenters. The number of amides is 1. The lowest BCUT2D eigenvalue weighted by Gasteiger charge is -1.99. The number of anilines is 1. The van der Waals surface area contributed by atoms with E-state index in [1.807, 2.05) is 0 Å². The first-order valence-corrected chi connectivity index (χ1v) is 4.80. The fourth-order valence-corrected chi connectivity index (χ4v) is 1.41. The molecule has 0 aromatic carbocycles. The molecule has 0 aliphatic carbocycles. The molecule has 2 aromatic heterocycles. The number of aromatic amines is 1. The summed E-state index contributed by atoms with van der Waals surface area (Å²) in [5.41, 5.74) is -0.0165. The van der Waals surface area contributed by atoms with Crippen molar-refractivity contribution in [1.82, 2.24) is 14.6 Å². The van der Waals surface area contributed by atoms with Gasteiger partial charge in [-0.3, -0.25) is 9.59 Å². The molecule has 2 N–H and O–H groups in total. The maximum Gasteiger partial charge on any atom is 0.256 e. The highest BCUT2D eigenvalue weighted by molar-refractivity contribution is 7.10. The van der Waals surface area contributed by atoms with Gasteiger partial charge in [-0.25, -0.2) is 0 Å². The first-order chi connectivity index (χ1) is 7.25. The molecule has 6 nitrogen and oxygen atoms in total. The fourth-order valence-electron chi connectivity index (χ4n) is 0.992. The van der Waals surface area contributed by atoms with Crippen LogP contribution < -0.4 is 10.9 Å². The van der Waals surface area contributed by atoms with E-state index in [1.165, 1.54) is 24.5 Å². The van der Waals surface area contributed by atoms with E-state index < -0.39 is 0 Å². The quantitative estimate of drug-likeness (QED) is 0.773. The third-order valence-corrected chi connectivity index (χ3v) is 2.22. The van der Waals surface area contributed by atoms with Crippen molar-refractivity contribution in [2.75, 3.05) is 5.32 Å². The first kappa shape index (κ1) is 9.53. The molecule has 0 radical (unpaired) electrons. The average molecular weight is 222 g/mol. The van der Waals surface area contributed by atoms with Crippen molar-refractivity contribution in [3.8, 4) is 0 Å². The van der Waals surface area contributed by atoms with Gasteiger partial charge in [0.05, 0.1) is 6.20 Å². The lowest BCUT2D eigenvalue weighted by atomic mass is 10.2. The lowest BCUT2D eigenvalue weighted by molar-refractivity contribution is 0.102. The second-order valence-corrected chi connectivity index (χ2v) is 3.46. The minimum Gasteiger partial charge on any atom is -0.329 e. The number of pyridine rings is 1. The average Bonchev–Trinajstić information content (AvgIpc) is 2.70. The minimum absolute atomic E-state index is 0.298. The molecule has 0 saturated carbocycles. The number of H-pyrrole nitrogens is 1. The Bertz CT molecular complexity index is 519. The Labute approximate surface area is 88.1 Å². The molecule has 0 aliphatic heterocycles. The highest BCUT2D eigenvalue weighted by atomic mass is 32.1. The number of aromatic nitrogens is 3. The van der Waals surface area contributed by atoms with E-state index in [0.29, 0.717) is 10.6 Å². The second kappa shape index (κ2) is 4.01. The lowest BCUT2D eigenvalue weighted by Crippen LogP contribution is -2.14. The van der Waals surface area contributed by atoms with Crippen LogP contribution in [0.25, 0.3) is 0 Å².